The van der Waals surface area contributed by atoms with Gasteiger partial charge in [-0.1, -0.05) is 12.1 Å². The Morgan fingerprint density at radius 1 is 1.50 bits per heavy atom. The van der Waals surface area contributed by atoms with Crippen molar-refractivity contribution in [2.24, 2.45) is 5.73 Å². The van der Waals surface area contributed by atoms with E-state index in [0.717, 1.165) is 26.1 Å². The fourth-order valence-corrected chi connectivity index (χ4v) is 2.97. The zero-order chi connectivity index (χ0) is 14.2. The zero-order valence-corrected chi connectivity index (χ0v) is 12.3. The lowest BCUT2D eigenvalue weighted by Crippen LogP contribution is -2.42. The normalized spacial score (nSPS) is 30.1. The Bertz CT molecular complexity index is 458. The van der Waals surface area contributed by atoms with Crippen molar-refractivity contribution in [3.05, 3.63) is 11.7 Å². The van der Waals surface area contributed by atoms with Gasteiger partial charge < -0.3 is 15.0 Å². The van der Waals surface area contributed by atoms with Gasteiger partial charge in [0.1, 0.15) is 6.10 Å². The number of hydrogen-bond acceptors (Lipinski definition) is 6. The molecule has 112 valence electrons. The van der Waals surface area contributed by atoms with E-state index < -0.39 is 0 Å². The van der Waals surface area contributed by atoms with Crippen LogP contribution in [0.3, 0.4) is 0 Å². The summed E-state index contributed by atoms with van der Waals surface area (Å²) in [5.74, 6) is 1.29. The van der Waals surface area contributed by atoms with Crippen LogP contribution in [0, 0.1) is 0 Å². The van der Waals surface area contributed by atoms with Crippen LogP contribution < -0.4 is 5.73 Å². The predicted octanol–water partition coefficient (Wildman–Crippen LogP) is 1.23. The van der Waals surface area contributed by atoms with E-state index in [9.17, 15) is 0 Å². The van der Waals surface area contributed by atoms with Crippen molar-refractivity contribution in [1.82, 2.24) is 15.0 Å². The summed E-state index contributed by atoms with van der Waals surface area (Å²) in [6.07, 6.45) is 3.32. The van der Waals surface area contributed by atoms with E-state index in [1.165, 1.54) is 12.8 Å². The zero-order valence-electron chi connectivity index (χ0n) is 12.3. The number of fused-ring (bicyclic) bond motifs is 1. The highest BCUT2D eigenvalue weighted by Crippen LogP contribution is 2.31. The van der Waals surface area contributed by atoms with Crippen LogP contribution in [0.25, 0.3) is 0 Å². The van der Waals surface area contributed by atoms with Gasteiger partial charge >= 0.3 is 0 Å². The van der Waals surface area contributed by atoms with Gasteiger partial charge in [0.05, 0.1) is 12.0 Å². The first-order valence-electron chi connectivity index (χ1n) is 7.56. The first kappa shape index (κ1) is 14.0. The molecule has 6 nitrogen and oxygen atoms in total. The lowest BCUT2D eigenvalue weighted by atomic mass is 9.88. The molecule has 2 N–H and O–H groups in total. The second-order valence-electron chi connectivity index (χ2n) is 6.19. The van der Waals surface area contributed by atoms with Crippen LogP contribution in [0.15, 0.2) is 4.52 Å². The second kappa shape index (κ2) is 5.42. The molecule has 0 spiro atoms. The van der Waals surface area contributed by atoms with Crippen molar-refractivity contribution >= 4 is 0 Å². The van der Waals surface area contributed by atoms with Crippen LogP contribution >= 0.6 is 0 Å². The Morgan fingerprint density at radius 2 is 2.35 bits per heavy atom. The molecule has 20 heavy (non-hydrogen) atoms. The molecule has 0 aliphatic carbocycles. The molecule has 2 fully saturated rings. The van der Waals surface area contributed by atoms with E-state index in [0.29, 0.717) is 24.3 Å². The van der Waals surface area contributed by atoms with Gasteiger partial charge in [-0.2, -0.15) is 4.98 Å². The highest BCUT2D eigenvalue weighted by atomic mass is 16.5. The van der Waals surface area contributed by atoms with Crippen molar-refractivity contribution < 1.29 is 9.26 Å². The summed E-state index contributed by atoms with van der Waals surface area (Å²) in [6.45, 7) is 7.45. The number of morpholine rings is 1. The topological polar surface area (TPSA) is 77.4 Å². The first-order chi connectivity index (χ1) is 9.66. The van der Waals surface area contributed by atoms with Gasteiger partial charge in [0.2, 0.25) is 11.7 Å². The molecule has 2 saturated heterocycles. The quantitative estimate of drug-likeness (QED) is 0.894. The molecule has 6 heteroatoms. The fraction of sp³-hybridized carbons (Fsp3) is 0.857. The third kappa shape index (κ3) is 2.36. The first-order valence-corrected chi connectivity index (χ1v) is 7.56. The summed E-state index contributed by atoms with van der Waals surface area (Å²) in [5.41, 5.74) is 5.60. The molecule has 3 rings (SSSR count). The Balaban J connectivity index is 1.73. The van der Waals surface area contributed by atoms with Crippen LogP contribution in [0.4, 0.5) is 0 Å². The standard InChI is InChI=1S/C14H24N4O2/c1-3-14(2,9-15)13-16-12(17-20-13)11-7-18-6-4-5-10(18)8-19-11/h10-11H,3-9,15H2,1-2H3. The van der Waals surface area contributed by atoms with Crippen LogP contribution in [0.1, 0.15) is 50.9 Å². The van der Waals surface area contributed by atoms with E-state index in [-0.39, 0.29) is 11.5 Å². The number of rotatable bonds is 4. The SMILES string of the molecule is CCC(C)(CN)c1nc(C2CN3CCCC3CO2)no1. The fourth-order valence-electron chi connectivity index (χ4n) is 2.97. The minimum atomic E-state index is -0.240. The van der Waals surface area contributed by atoms with Gasteiger partial charge in [-0.25, -0.2) is 0 Å². The molecule has 0 radical (unpaired) electrons. The van der Waals surface area contributed by atoms with Crippen molar-refractivity contribution in [3.63, 3.8) is 0 Å². The molecular formula is C14H24N4O2. The maximum atomic E-state index is 5.91. The molecule has 2 aliphatic rings. The third-order valence-electron chi connectivity index (χ3n) is 4.87. The highest BCUT2D eigenvalue weighted by molar-refractivity contribution is 5.06. The van der Waals surface area contributed by atoms with Crippen molar-refractivity contribution in [3.8, 4) is 0 Å². The number of ether oxygens (including phenoxy) is 1. The van der Waals surface area contributed by atoms with E-state index in [4.69, 9.17) is 15.0 Å². The van der Waals surface area contributed by atoms with Gasteiger partial charge in [-0.3, -0.25) is 4.90 Å². The maximum Gasteiger partial charge on any atom is 0.233 e. The third-order valence-corrected chi connectivity index (χ3v) is 4.87. The van der Waals surface area contributed by atoms with Gasteiger partial charge in [0.25, 0.3) is 0 Å². The smallest absolute Gasteiger partial charge is 0.233 e. The average molecular weight is 280 g/mol. The number of nitrogens with zero attached hydrogens (tertiary/aromatic N) is 3. The molecule has 1 aromatic heterocycles. The van der Waals surface area contributed by atoms with Crippen LogP contribution in [-0.2, 0) is 10.2 Å². The van der Waals surface area contributed by atoms with Gasteiger partial charge in [0, 0.05) is 19.1 Å². The lowest BCUT2D eigenvalue weighted by Gasteiger charge is -2.33. The lowest BCUT2D eigenvalue weighted by molar-refractivity contribution is -0.0548. The Kier molecular flexibility index (Phi) is 3.79. The van der Waals surface area contributed by atoms with E-state index in [1.54, 1.807) is 0 Å². The van der Waals surface area contributed by atoms with E-state index in [2.05, 4.69) is 28.9 Å². The van der Waals surface area contributed by atoms with Gasteiger partial charge in [-0.05, 0) is 32.7 Å². The summed E-state index contributed by atoms with van der Waals surface area (Å²) in [6, 6.07) is 0.586. The second-order valence-corrected chi connectivity index (χ2v) is 6.19. The molecule has 3 atom stereocenters. The summed E-state index contributed by atoms with van der Waals surface area (Å²) >= 11 is 0. The van der Waals surface area contributed by atoms with Crippen LogP contribution in [0.2, 0.25) is 0 Å². The van der Waals surface area contributed by atoms with E-state index in [1.807, 2.05) is 0 Å². The molecule has 3 unspecified atom stereocenters. The number of hydrogen-bond donors (Lipinski definition) is 1. The molecule has 0 saturated carbocycles. The van der Waals surface area contributed by atoms with E-state index >= 15 is 0 Å². The molecule has 0 aromatic carbocycles. The Labute approximate surface area is 119 Å². The summed E-state index contributed by atoms with van der Waals surface area (Å²) < 4.78 is 11.3. The molecule has 1 aromatic rings. The van der Waals surface area contributed by atoms with Crippen molar-refractivity contribution in [2.75, 3.05) is 26.2 Å². The van der Waals surface area contributed by atoms with Crippen molar-refractivity contribution in [2.45, 2.75) is 50.7 Å². The monoisotopic (exact) mass is 280 g/mol. The molecule has 0 bridgehead atoms. The number of aromatic nitrogens is 2. The predicted molar refractivity (Wildman–Crippen MR) is 74.3 cm³/mol. The number of nitrogens with two attached hydrogens (primary N) is 1. The minimum Gasteiger partial charge on any atom is -0.367 e. The van der Waals surface area contributed by atoms with Gasteiger partial charge in [-0.15, -0.1) is 0 Å². The average Bonchev–Trinajstić information content (AvgIpc) is 3.14. The minimum absolute atomic E-state index is 0.0688. The Morgan fingerprint density at radius 3 is 3.10 bits per heavy atom. The van der Waals surface area contributed by atoms with Crippen molar-refractivity contribution in [1.29, 1.82) is 0 Å². The van der Waals surface area contributed by atoms with Gasteiger partial charge in [0.15, 0.2) is 0 Å². The molecule has 2 aliphatic heterocycles. The summed E-state index contributed by atoms with van der Waals surface area (Å²) in [5, 5.41) is 4.12. The molecule has 0 amide bonds. The highest BCUT2D eigenvalue weighted by Gasteiger charge is 2.36. The Hall–Kier alpha value is -0.980. The molecule has 3 heterocycles. The van der Waals surface area contributed by atoms with Crippen LogP contribution in [-0.4, -0.2) is 47.3 Å². The largest absolute Gasteiger partial charge is 0.367 e. The maximum absolute atomic E-state index is 5.91. The molecular weight excluding hydrogens is 256 g/mol. The summed E-state index contributed by atoms with van der Waals surface area (Å²) in [4.78, 5) is 7.03. The van der Waals surface area contributed by atoms with Crippen LogP contribution in [0.5, 0.6) is 0 Å². The summed E-state index contributed by atoms with van der Waals surface area (Å²) in [7, 11) is 0.